The first-order valence-electron chi connectivity index (χ1n) is 5.07. The highest BCUT2D eigenvalue weighted by Gasteiger charge is 2.16. The molecule has 4 heteroatoms. The summed E-state index contributed by atoms with van der Waals surface area (Å²) in [6, 6.07) is 0. The van der Waals surface area contributed by atoms with Gasteiger partial charge in [0.05, 0.1) is 6.61 Å². The summed E-state index contributed by atoms with van der Waals surface area (Å²) in [7, 11) is 0. The molecular formula is C12H15NO3. The Morgan fingerprint density at radius 3 is 2.75 bits per heavy atom. The lowest BCUT2D eigenvalue weighted by atomic mass is 10.1. The van der Waals surface area contributed by atoms with Gasteiger partial charge in [0.1, 0.15) is 12.3 Å². The van der Waals surface area contributed by atoms with Gasteiger partial charge < -0.3 is 14.8 Å². The highest BCUT2D eigenvalue weighted by Crippen LogP contribution is 2.17. The number of carbonyl (C=O) groups is 1. The van der Waals surface area contributed by atoms with Crippen LogP contribution in [0.4, 0.5) is 0 Å². The first-order valence-corrected chi connectivity index (χ1v) is 5.07. The summed E-state index contributed by atoms with van der Waals surface area (Å²) in [5.41, 5.74) is 2.75. The third kappa shape index (κ3) is 2.44. The summed E-state index contributed by atoms with van der Waals surface area (Å²) < 4.78 is 4.91. The van der Waals surface area contributed by atoms with Gasteiger partial charge in [-0.25, -0.2) is 4.79 Å². The van der Waals surface area contributed by atoms with Crippen LogP contribution in [-0.2, 0) is 4.74 Å². The predicted molar refractivity (Wildman–Crippen MR) is 60.2 cm³/mol. The number of carbonyl (C=O) groups excluding carboxylic acids is 1. The number of hydrogen-bond acceptors (Lipinski definition) is 3. The maximum atomic E-state index is 11.6. The molecule has 1 rings (SSSR count). The van der Waals surface area contributed by atoms with Crippen LogP contribution < -0.4 is 0 Å². The fourth-order valence-corrected chi connectivity index (χ4v) is 1.47. The first kappa shape index (κ1) is 12.3. The Bertz CT molecular complexity index is 449. The van der Waals surface area contributed by atoms with Crippen molar-refractivity contribution in [2.24, 2.45) is 0 Å². The van der Waals surface area contributed by atoms with Gasteiger partial charge in [-0.05, 0) is 26.3 Å². The van der Waals surface area contributed by atoms with Crippen molar-refractivity contribution in [1.82, 2.24) is 4.98 Å². The van der Waals surface area contributed by atoms with Crippen LogP contribution >= 0.6 is 0 Å². The summed E-state index contributed by atoms with van der Waals surface area (Å²) in [4.78, 5) is 14.5. The van der Waals surface area contributed by atoms with Crippen molar-refractivity contribution < 1.29 is 14.6 Å². The van der Waals surface area contributed by atoms with Crippen LogP contribution in [0.2, 0.25) is 0 Å². The van der Waals surface area contributed by atoms with Gasteiger partial charge in [0.15, 0.2) is 0 Å². The lowest BCUT2D eigenvalue weighted by molar-refractivity contribution is 0.0519. The second-order valence-corrected chi connectivity index (χ2v) is 3.31. The molecular weight excluding hydrogens is 206 g/mol. The standard InChI is InChI=1S/C12H15NO3/c1-4-16-12(15)11-8(2)10(6-5-7-14)9(3)13-11/h13-14H,4,7H2,1-3H3. The molecule has 0 fully saturated rings. The van der Waals surface area contributed by atoms with Gasteiger partial charge in [-0.2, -0.15) is 0 Å². The second kappa shape index (κ2) is 5.38. The fraction of sp³-hybridized carbons (Fsp3) is 0.417. The van der Waals surface area contributed by atoms with E-state index >= 15 is 0 Å². The summed E-state index contributed by atoms with van der Waals surface area (Å²) in [5.74, 6) is 5.00. The molecule has 0 aliphatic carbocycles. The lowest BCUT2D eigenvalue weighted by Gasteiger charge is -1.99. The maximum absolute atomic E-state index is 11.6. The topological polar surface area (TPSA) is 62.3 Å². The molecule has 0 aliphatic heterocycles. The summed E-state index contributed by atoms with van der Waals surface area (Å²) in [6.07, 6.45) is 0. The highest BCUT2D eigenvalue weighted by molar-refractivity contribution is 5.90. The SMILES string of the molecule is CCOC(=O)c1[nH]c(C)c(C#CCO)c1C. The van der Waals surface area contributed by atoms with Gasteiger partial charge in [0.25, 0.3) is 0 Å². The van der Waals surface area contributed by atoms with Gasteiger partial charge >= 0.3 is 5.97 Å². The Labute approximate surface area is 94.6 Å². The molecule has 1 heterocycles. The van der Waals surface area contributed by atoms with E-state index in [4.69, 9.17) is 9.84 Å². The van der Waals surface area contributed by atoms with Gasteiger partial charge in [0, 0.05) is 11.3 Å². The highest BCUT2D eigenvalue weighted by atomic mass is 16.5. The number of hydrogen-bond donors (Lipinski definition) is 2. The molecule has 0 amide bonds. The van der Waals surface area contributed by atoms with Crippen molar-refractivity contribution in [2.45, 2.75) is 20.8 Å². The Kier molecular flexibility index (Phi) is 4.15. The lowest BCUT2D eigenvalue weighted by Crippen LogP contribution is -2.06. The average Bonchev–Trinajstić information content (AvgIpc) is 2.53. The number of esters is 1. The summed E-state index contributed by atoms with van der Waals surface area (Å²) in [6.45, 7) is 5.54. The number of rotatable bonds is 2. The van der Waals surface area contributed by atoms with E-state index < -0.39 is 0 Å². The number of aryl methyl sites for hydroxylation is 1. The van der Waals surface area contributed by atoms with Crippen LogP contribution in [0.15, 0.2) is 0 Å². The number of aromatic amines is 1. The third-order valence-electron chi connectivity index (χ3n) is 2.21. The number of nitrogens with one attached hydrogen (secondary N) is 1. The molecule has 4 nitrogen and oxygen atoms in total. The minimum atomic E-state index is -0.375. The van der Waals surface area contributed by atoms with Gasteiger partial charge in [-0.3, -0.25) is 0 Å². The molecule has 16 heavy (non-hydrogen) atoms. The van der Waals surface area contributed by atoms with Crippen LogP contribution in [0.5, 0.6) is 0 Å². The third-order valence-corrected chi connectivity index (χ3v) is 2.21. The molecule has 2 N–H and O–H groups in total. The average molecular weight is 221 g/mol. The van der Waals surface area contributed by atoms with Gasteiger partial charge in [-0.1, -0.05) is 11.8 Å². The largest absolute Gasteiger partial charge is 0.461 e. The zero-order valence-corrected chi connectivity index (χ0v) is 9.68. The van der Waals surface area contributed by atoms with Crippen molar-refractivity contribution >= 4 is 5.97 Å². The van der Waals surface area contributed by atoms with Crippen molar-refractivity contribution in [2.75, 3.05) is 13.2 Å². The van der Waals surface area contributed by atoms with E-state index in [1.165, 1.54) is 0 Å². The van der Waals surface area contributed by atoms with Crippen LogP contribution in [0.3, 0.4) is 0 Å². The minimum absolute atomic E-state index is 0.196. The zero-order valence-electron chi connectivity index (χ0n) is 9.68. The second-order valence-electron chi connectivity index (χ2n) is 3.31. The van der Waals surface area contributed by atoms with Gasteiger partial charge in [0.2, 0.25) is 0 Å². The van der Waals surface area contributed by atoms with E-state index in [0.717, 1.165) is 16.8 Å². The molecule has 0 radical (unpaired) electrons. The van der Waals surface area contributed by atoms with E-state index in [1.54, 1.807) is 13.8 Å². The molecule has 0 aliphatic rings. The number of aliphatic hydroxyl groups excluding tert-OH is 1. The fourth-order valence-electron chi connectivity index (χ4n) is 1.47. The van der Waals surface area contributed by atoms with Gasteiger partial charge in [-0.15, -0.1) is 0 Å². The normalized spacial score (nSPS) is 9.50. The molecule has 0 bridgehead atoms. The van der Waals surface area contributed by atoms with Crippen molar-refractivity contribution in [1.29, 1.82) is 0 Å². The zero-order chi connectivity index (χ0) is 12.1. The monoisotopic (exact) mass is 221 g/mol. The number of aromatic nitrogens is 1. The minimum Gasteiger partial charge on any atom is -0.461 e. The molecule has 0 saturated carbocycles. The van der Waals surface area contributed by atoms with Crippen LogP contribution in [0.1, 0.15) is 34.2 Å². The Balaban J connectivity index is 3.11. The van der Waals surface area contributed by atoms with Crippen LogP contribution in [0.25, 0.3) is 0 Å². The van der Waals surface area contributed by atoms with Crippen LogP contribution in [0, 0.1) is 25.7 Å². The van der Waals surface area contributed by atoms with E-state index in [1.807, 2.05) is 6.92 Å². The molecule has 0 saturated heterocycles. The maximum Gasteiger partial charge on any atom is 0.355 e. The molecule has 0 aromatic carbocycles. The molecule has 0 unspecified atom stereocenters. The smallest absolute Gasteiger partial charge is 0.355 e. The van der Waals surface area contributed by atoms with E-state index in [9.17, 15) is 4.79 Å². The van der Waals surface area contributed by atoms with E-state index in [0.29, 0.717) is 12.3 Å². The molecule has 0 spiro atoms. The molecule has 1 aromatic rings. The quantitative estimate of drug-likeness (QED) is 0.581. The first-order chi connectivity index (χ1) is 7.61. The van der Waals surface area contributed by atoms with Crippen molar-refractivity contribution in [3.05, 3.63) is 22.5 Å². The number of aliphatic hydroxyl groups is 1. The number of ether oxygens (including phenoxy) is 1. The van der Waals surface area contributed by atoms with E-state index in [2.05, 4.69) is 16.8 Å². The summed E-state index contributed by atoms with van der Waals surface area (Å²) >= 11 is 0. The molecule has 1 aromatic heterocycles. The summed E-state index contributed by atoms with van der Waals surface area (Å²) in [5, 5.41) is 8.63. The Morgan fingerprint density at radius 1 is 1.50 bits per heavy atom. The Morgan fingerprint density at radius 2 is 2.19 bits per heavy atom. The van der Waals surface area contributed by atoms with Crippen LogP contribution in [-0.4, -0.2) is 29.3 Å². The number of H-pyrrole nitrogens is 1. The Hall–Kier alpha value is -1.73. The predicted octanol–water partition coefficient (Wildman–Crippen LogP) is 1.15. The van der Waals surface area contributed by atoms with Crippen molar-refractivity contribution in [3.8, 4) is 11.8 Å². The molecule has 86 valence electrons. The van der Waals surface area contributed by atoms with Crippen molar-refractivity contribution in [3.63, 3.8) is 0 Å². The van der Waals surface area contributed by atoms with E-state index in [-0.39, 0.29) is 12.6 Å². The molecule has 0 atom stereocenters.